The molecule has 2 atom stereocenters. The average molecular weight is 381 g/mol. The molecule has 5 nitrogen and oxygen atoms in total. The van der Waals surface area contributed by atoms with E-state index in [2.05, 4.69) is 11.1 Å². The maximum Gasteiger partial charge on any atom is 0.205 e. The second kappa shape index (κ2) is 6.68. The molecule has 0 radical (unpaired) electrons. The Bertz CT molecular complexity index is 1230. The van der Waals surface area contributed by atoms with Gasteiger partial charge >= 0.3 is 0 Å². The number of nitriles is 1. The normalized spacial score (nSPS) is 21.7. The number of para-hydroxylation sites is 1. The van der Waals surface area contributed by atoms with Crippen molar-refractivity contribution in [3.8, 4) is 6.07 Å². The predicted molar refractivity (Wildman–Crippen MR) is 109 cm³/mol. The van der Waals surface area contributed by atoms with Crippen molar-refractivity contribution in [1.82, 2.24) is 4.98 Å². The summed E-state index contributed by atoms with van der Waals surface area (Å²) in [7, 11) is 0. The first-order valence-electron chi connectivity index (χ1n) is 9.62. The molecule has 142 valence electrons. The minimum absolute atomic E-state index is 0.00985. The highest BCUT2D eigenvalue weighted by molar-refractivity contribution is 6.01. The maximum atomic E-state index is 13.3. The van der Waals surface area contributed by atoms with Crippen molar-refractivity contribution < 1.29 is 9.53 Å². The first-order chi connectivity index (χ1) is 14.2. The van der Waals surface area contributed by atoms with Gasteiger partial charge in [0, 0.05) is 35.5 Å². The van der Waals surface area contributed by atoms with Crippen LogP contribution in [0.2, 0.25) is 0 Å². The van der Waals surface area contributed by atoms with Crippen LogP contribution in [0.15, 0.2) is 83.6 Å². The number of fused-ring (bicyclic) bond motifs is 1. The molecule has 5 rings (SSSR count). The molecule has 2 unspecified atom stereocenters. The Morgan fingerprint density at radius 2 is 1.83 bits per heavy atom. The molecule has 0 bridgehead atoms. The third-order valence-electron chi connectivity index (χ3n) is 5.86. The van der Waals surface area contributed by atoms with Gasteiger partial charge in [0.15, 0.2) is 5.78 Å². The molecule has 0 fully saturated rings. The van der Waals surface area contributed by atoms with Gasteiger partial charge < -0.3 is 15.5 Å². The lowest BCUT2D eigenvalue weighted by Gasteiger charge is -2.33. The number of hydrogen-bond acceptors (Lipinski definition) is 4. The first kappa shape index (κ1) is 17.3. The number of allylic oxidation sites excluding steroid dienone is 3. The number of aromatic amines is 1. The Morgan fingerprint density at radius 1 is 1.07 bits per heavy atom. The monoisotopic (exact) mass is 381 g/mol. The van der Waals surface area contributed by atoms with E-state index >= 15 is 0 Å². The lowest BCUT2D eigenvalue weighted by atomic mass is 9.73. The highest BCUT2D eigenvalue weighted by atomic mass is 16.5. The number of rotatable bonds is 2. The van der Waals surface area contributed by atoms with Crippen LogP contribution < -0.4 is 5.73 Å². The zero-order chi connectivity index (χ0) is 20.0. The summed E-state index contributed by atoms with van der Waals surface area (Å²) in [5.41, 5.74) is 9.94. The first-order valence-corrected chi connectivity index (χ1v) is 9.62. The van der Waals surface area contributed by atoms with Gasteiger partial charge in [0.25, 0.3) is 0 Å². The topological polar surface area (TPSA) is 91.9 Å². The maximum absolute atomic E-state index is 13.3. The molecule has 1 aromatic heterocycles. The third-order valence-corrected chi connectivity index (χ3v) is 5.86. The Hall–Kier alpha value is -3.78. The van der Waals surface area contributed by atoms with Crippen LogP contribution in [0.1, 0.15) is 35.8 Å². The number of nitrogens with two attached hydrogens (primary N) is 1. The van der Waals surface area contributed by atoms with E-state index in [1.54, 1.807) is 0 Å². The summed E-state index contributed by atoms with van der Waals surface area (Å²) in [6.45, 7) is 0. The number of benzene rings is 2. The molecule has 1 aliphatic heterocycles. The van der Waals surface area contributed by atoms with E-state index < -0.39 is 5.92 Å². The molecule has 5 heteroatoms. The van der Waals surface area contributed by atoms with Gasteiger partial charge in [-0.25, -0.2) is 0 Å². The molecule has 0 spiro atoms. The number of carbonyl (C=O) groups is 1. The van der Waals surface area contributed by atoms with Crippen molar-refractivity contribution in [2.75, 3.05) is 0 Å². The predicted octanol–water partition coefficient (Wildman–Crippen LogP) is 4.38. The Morgan fingerprint density at radius 3 is 2.62 bits per heavy atom. The van der Waals surface area contributed by atoms with Crippen LogP contribution in [-0.2, 0) is 9.53 Å². The minimum Gasteiger partial charge on any atom is -0.444 e. The summed E-state index contributed by atoms with van der Waals surface area (Å²) in [5.74, 6) is 0.215. The fourth-order valence-electron chi connectivity index (χ4n) is 4.51. The zero-order valence-electron chi connectivity index (χ0n) is 15.7. The van der Waals surface area contributed by atoms with Crippen LogP contribution >= 0.6 is 0 Å². The highest BCUT2D eigenvalue weighted by Gasteiger charge is 2.41. The van der Waals surface area contributed by atoms with E-state index in [0.717, 1.165) is 22.0 Å². The van der Waals surface area contributed by atoms with Crippen LogP contribution in [0, 0.1) is 11.3 Å². The standard InChI is InChI=1S/C24H19N3O2/c25-12-17-22(18-13-27-19-9-5-4-8-16(18)19)23-20(28)10-15(11-21(23)29-24(17)26)14-6-2-1-3-7-14/h1-9,13,15,22,27H,10-11,26H2. The molecule has 2 aliphatic rings. The van der Waals surface area contributed by atoms with Crippen LogP contribution in [0.25, 0.3) is 10.9 Å². The molecule has 1 aliphatic carbocycles. The molecule has 2 heterocycles. The third kappa shape index (κ3) is 2.73. The summed E-state index contributed by atoms with van der Waals surface area (Å²) in [6, 6.07) is 20.0. The van der Waals surface area contributed by atoms with Gasteiger partial charge in [-0.1, -0.05) is 48.5 Å². The summed E-state index contributed by atoms with van der Waals surface area (Å²) in [5, 5.41) is 10.8. The highest BCUT2D eigenvalue weighted by Crippen LogP contribution is 2.47. The number of hydrogen-bond donors (Lipinski definition) is 2. The molecule has 3 N–H and O–H groups in total. The van der Waals surface area contributed by atoms with Gasteiger partial charge in [0.05, 0.1) is 5.92 Å². The number of ether oxygens (including phenoxy) is 1. The van der Waals surface area contributed by atoms with Crippen molar-refractivity contribution in [1.29, 1.82) is 5.26 Å². The molecule has 0 saturated heterocycles. The van der Waals surface area contributed by atoms with Gasteiger partial charge in [-0.05, 0) is 23.1 Å². The van der Waals surface area contributed by atoms with Crippen molar-refractivity contribution in [3.63, 3.8) is 0 Å². The van der Waals surface area contributed by atoms with Gasteiger partial charge in [-0.3, -0.25) is 4.79 Å². The van der Waals surface area contributed by atoms with Crippen molar-refractivity contribution >= 4 is 16.7 Å². The lowest BCUT2D eigenvalue weighted by molar-refractivity contribution is -0.117. The Kier molecular flexibility index (Phi) is 3.99. The van der Waals surface area contributed by atoms with Gasteiger partial charge in [-0.15, -0.1) is 0 Å². The Balaban J connectivity index is 1.65. The molecule has 29 heavy (non-hydrogen) atoms. The Labute approximate surface area is 168 Å². The average Bonchev–Trinajstić information content (AvgIpc) is 3.17. The quantitative estimate of drug-likeness (QED) is 0.689. The minimum atomic E-state index is -0.510. The van der Waals surface area contributed by atoms with Crippen LogP contribution in [0.3, 0.4) is 0 Å². The smallest absolute Gasteiger partial charge is 0.205 e. The van der Waals surface area contributed by atoms with E-state index in [9.17, 15) is 10.1 Å². The molecular formula is C24H19N3O2. The number of carbonyl (C=O) groups excluding carboxylic acids is 1. The number of Topliss-reactive ketones (excluding diaryl/α,β-unsaturated/α-hetero) is 1. The number of ketones is 1. The number of H-pyrrole nitrogens is 1. The molecule has 2 aromatic carbocycles. The summed E-state index contributed by atoms with van der Waals surface area (Å²) < 4.78 is 5.84. The van der Waals surface area contributed by atoms with E-state index in [-0.39, 0.29) is 17.6 Å². The number of nitrogens with one attached hydrogen (secondary N) is 1. The summed E-state index contributed by atoms with van der Waals surface area (Å²) >= 11 is 0. The van der Waals surface area contributed by atoms with Gasteiger partial charge in [0.2, 0.25) is 5.88 Å². The SMILES string of the molecule is N#CC1=C(N)OC2=C(C(=O)CC(c3ccccc3)C2)C1c1c[nH]c2ccccc12. The van der Waals surface area contributed by atoms with Crippen molar-refractivity contribution in [2.24, 2.45) is 5.73 Å². The fraction of sp³-hybridized carbons (Fsp3) is 0.167. The largest absolute Gasteiger partial charge is 0.444 e. The molecule has 3 aromatic rings. The van der Waals surface area contributed by atoms with E-state index in [1.807, 2.05) is 60.8 Å². The van der Waals surface area contributed by atoms with E-state index in [4.69, 9.17) is 10.5 Å². The summed E-state index contributed by atoms with van der Waals surface area (Å²) in [6.07, 6.45) is 2.85. The van der Waals surface area contributed by atoms with E-state index in [0.29, 0.717) is 29.7 Å². The van der Waals surface area contributed by atoms with Gasteiger partial charge in [0.1, 0.15) is 17.4 Å². The van der Waals surface area contributed by atoms with Crippen molar-refractivity contribution in [3.05, 3.63) is 94.7 Å². The molecule has 0 amide bonds. The number of nitrogens with zero attached hydrogens (tertiary/aromatic N) is 1. The van der Waals surface area contributed by atoms with Crippen molar-refractivity contribution in [2.45, 2.75) is 24.7 Å². The van der Waals surface area contributed by atoms with Crippen LogP contribution in [-0.4, -0.2) is 10.8 Å². The second-order valence-electron chi connectivity index (χ2n) is 7.49. The van der Waals surface area contributed by atoms with E-state index in [1.165, 1.54) is 0 Å². The molecular weight excluding hydrogens is 362 g/mol. The lowest BCUT2D eigenvalue weighted by Crippen LogP contribution is -2.29. The van der Waals surface area contributed by atoms with Crippen LogP contribution in [0.5, 0.6) is 0 Å². The zero-order valence-corrected chi connectivity index (χ0v) is 15.7. The fourth-order valence-corrected chi connectivity index (χ4v) is 4.51. The summed E-state index contributed by atoms with van der Waals surface area (Å²) in [4.78, 5) is 16.5. The van der Waals surface area contributed by atoms with Crippen LogP contribution in [0.4, 0.5) is 0 Å². The molecule has 0 saturated carbocycles. The number of aromatic nitrogens is 1. The van der Waals surface area contributed by atoms with Gasteiger partial charge in [-0.2, -0.15) is 5.26 Å². The second-order valence-corrected chi connectivity index (χ2v) is 7.49.